The van der Waals surface area contributed by atoms with Crippen molar-refractivity contribution < 1.29 is 43.5 Å². The molecule has 0 radical (unpaired) electrons. The van der Waals surface area contributed by atoms with E-state index in [0.29, 0.717) is 12.1 Å². The molecule has 2 rings (SSSR count). The molecule has 12 heteroatoms. The predicted octanol–water partition coefficient (Wildman–Crippen LogP) is 3.28. The van der Waals surface area contributed by atoms with E-state index in [-0.39, 0.29) is 0 Å². The Hall–Kier alpha value is -2.21. The lowest BCUT2D eigenvalue weighted by Gasteiger charge is -2.11. The summed E-state index contributed by atoms with van der Waals surface area (Å²) in [6, 6.07) is 1.06. The summed E-state index contributed by atoms with van der Waals surface area (Å²) in [6.45, 7) is -1.15. The zero-order valence-electron chi connectivity index (χ0n) is 11.6. The maximum absolute atomic E-state index is 13.5. The van der Waals surface area contributed by atoms with E-state index in [1.165, 1.54) is 4.72 Å². The average molecular weight is 391 g/mol. The van der Waals surface area contributed by atoms with Crippen LogP contribution in [0.1, 0.15) is 5.56 Å². The molecular formula is C13H5F8NO2S. The van der Waals surface area contributed by atoms with Gasteiger partial charge in [0.15, 0.2) is 45.6 Å². The minimum Gasteiger partial charge on any atom is -0.207 e. The Kier molecular flexibility index (Phi) is 5.04. The van der Waals surface area contributed by atoms with E-state index in [4.69, 9.17) is 0 Å². The van der Waals surface area contributed by atoms with E-state index in [0.717, 1.165) is 0 Å². The van der Waals surface area contributed by atoms with Gasteiger partial charge in [-0.05, 0) is 6.07 Å². The quantitative estimate of drug-likeness (QED) is 0.494. The highest BCUT2D eigenvalue weighted by molar-refractivity contribution is 7.89. The second-order valence-corrected chi connectivity index (χ2v) is 6.26. The second kappa shape index (κ2) is 6.59. The maximum atomic E-state index is 13.5. The summed E-state index contributed by atoms with van der Waals surface area (Å²) in [7, 11) is -5.35. The molecule has 1 N–H and O–H groups in total. The molecule has 0 aliphatic rings. The molecule has 0 saturated heterocycles. The lowest BCUT2D eigenvalue weighted by molar-refractivity contribution is 0.357. The Morgan fingerprint density at radius 2 is 1.16 bits per heavy atom. The molecule has 0 aliphatic carbocycles. The van der Waals surface area contributed by atoms with Crippen LogP contribution in [0.5, 0.6) is 0 Å². The van der Waals surface area contributed by atoms with E-state index in [1.54, 1.807) is 0 Å². The highest BCUT2D eigenvalue weighted by Gasteiger charge is 2.33. The van der Waals surface area contributed by atoms with E-state index in [9.17, 15) is 43.5 Å². The summed E-state index contributed by atoms with van der Waals surface area (Å²) in [6.07, 6.45) is 0. The van der Waals surface area contributed by atoms with Crippen LogP contribution in [0.3, 0.4) is 0 Å². The minimum absolute atomic E-state index is 0.445. The van der Waals surface area contributed by atoms with Crippen molar-refractivity contribution in [1.82, 2.24) is 4.72 Å². The van der Waals surface area contributed by atoms with Crippen molar-refractivity contribution in [2.24, 2.45) is 0 Å². The lowest BCUT2D eigenvalue weighted by Crippen LogP contribution is -2.27. The van der Waals surface area contributed by atoms with Gasteiger partial charge >= 0.3 is 0 Å². The maximum Gasteiger partial charge on any atom is 0.246 e. The van der Waals surface area contributed by atoms with Crippen LogP contribution >= 0.6 is 0 Å². The van der Waals surface area contributed by atoms with Crippen LogP contribution in [0.25, 0.3) is 0 Å². The molecule has 0 heterocycles. The van der Waals surface area contributed by atoms with Gasteiger partial charge < -0.3 is 0 Å². The van der Waals surface area contributed by atoms with Crippen LogP contribution in [-0.2, 0) is 16.6 Å². The van der Waals surface area contributed by atoms with E-state index >= 15 is 0 Å². The molecule has 0 amide bonds. The Labute approximate surface area is 134 Å². The van der Waals surface area contributed by atoms with E-state index in [1.807, 2.05) is 0 Å². The molecule has 136 valence electrons. The first-order valence-electron chi connectivity index (χ1n) is 6.12. The van der Waals surface area contributed by atoms with Crippen LogP contribution in [-0.4, -0.2) is 8.42 Å². The number of benzene rings is 2. The fraction of sp³-hybridized carbons (Fsp3) is 0.0769. The van der Waals surface area contributed by atoms with Crippen molar-refractivity contribution in [1.29, 1.82) is 0 Å². The third kappa shape index (κ3) is 3.31. The largest absolute Gasteiger partial charge is 0.246 e. The number of hydrogen-bond donors (Lipinski definition) is 1. The van der Waals surface area contributed by atoms with Crippen molar-refractivity contribution in [3.63, 3.8) is 0 Å². The average Bonchev–Trinajstić information content (AvgIpc) is 2.55. The smallest absolute Gasteiger partial charge is 0.207 e. The number of sulfonamides is 1. The standard InChI is InChI=1S/C13H5F8NO2S/c14-5-2-1-4(6(15)7(5)16)3-22-25(23,24)13-11(20)9(18)8(17)10(19)12(13)21/h1-2,22H,3H2. The van der Waals surface area contributed by atoms with Crippen molar-refractivity contribution in [2.75, 3.05) is 0 Å². The van der Waals surface area contributed by atoms with Gasteiger partial charge in [0.1, 0.15) is 0 Å². The molecule has 0 fully saturated rings. The number of nitrogens with one attached hydrogen (secondary N) is 1. The molecule has 0 aliphatic heterocycles. The van der Waals surface area contributed by atoms with Gasteiger partial charge in [0.05, 0.1) is 0 Å². The first kappa shape index (κ1) is 19.1. The van der Waals surface area contributed by atoms with Crippen molar-refractivity contribution >= 4 is 10.0 Å². The molecule has 0 unspecified atom stereocenters. The first-order chi connectivity index (χ1) is 11.5. The molecule has 0 saturated carbocycles. The monoisotopic (exact) mass is 391 g/mol. The van der Waals surface area contributed by atoms with Crippen LogP contribution in [0.4, 0.5) is 35.1 Å². The molecule has 2 aromatic carbocycles. The summed E-state index contributed by atoms with van der Waals surface area (Å²) in [5.74, 6) is -18.1. The topological polar surface area (TPSA) is 46.2 Å². The Morgan fingerprint density at radius 1 is 0.680 bits per heavy atom. The Balaban J connectivity index is 2.44. The normalized spacial score (nSPS) is 11.8. The minimum atomic E-state index is -5.35. The number of rotatable bonds is 4. The van der Waals surface area contributed by atoms with Gasteiger partial charge in [-0.25, -0.2) is 48.3 Å². The third-order valence-corrected chi connectivity index (χ3v) is 4.43. The fourth-order valence-corrected chi connectivity index (χ4v) is 2.91. The van der Waals surface area contributed by atoms with Gasteiger partial charge in [-0.2, -0.15) is 0 Å². The highest BCUT2D eigenvalue weighted by Crippen LogP contribution is 2.26. The summed E-state index contributed by atoms with van der Waals surface area (Å²) in [4.78, 5) is -2.19. The molecule has 0 aromatic heterocycles. The summed E-state index contributed by atoms with van der Waals surface area (Å²) in [5, 5.41) is 0. The lowest BCUT2D eigenvalue weighted by atomic mass is 10.2. The van der Waals surface area contributed by atoms with Gasteiger partial charge in [0.25, 0.3) is 0 Å². The van der Waals surface area contributed by atoms with Gasteiger partial charge in [-0.1, -0.05) is 6.07 Å². The van der Waals surface area contributed by atoms with Gasteiger partial charge in [-0.3, -0.25) is 0 Å². The predicted molar refractivity (Wildman–Crippen MR) is 66.6 cm³/mol. The van der Waals surface area contributed by atoms with Crippen LogP contribution in [0, 0.1) is 46.5 Å². The zero-order valence-corrected chi connectivity index (χ0v) is 12.4. The van der Waals surface area contributed by atoms with Gasteiger partial charge in [0, 0.05) is 12.1 Å². The van der Waals surface area contributed by atoms with Crippen LogP contribution in [0.2, 0.25) is 0 Å². The Bertz CT molecular complexity index is 932. The first-order valence-corrected chi connectivity index (χ1v) is 7.60. The number of halogens is 8. The summed E-state index contributed by atoms with van der Waals surface area (Å²) < 4.78 is 130. The third-order valence-electron chi connectivity index (χ3n) is 3.01. The molecule has 0 bridgehead atoms. The van der Waals surface area contributed by atoms with Crippen molar-refractivity contribution in [3.8, 4) is 0 Å². The Morgan fingerprint density at radius 3 is 1.68 bits per heavy atom. The number of hydrogen-bond acceptors (Lipinski definition) is 2. The van der Waals surface area contributed by atoms with Crippen molar-refractivity contribution in [3.05, 3.63) is 64.2 Å². The van der Waals surface area contributed by atoms with E-state index < -0.39 is 73.6 Å². The molecule has 0 atom stereocenters. The van der Waals surface area contributed by atoms with Crippen LogP contribution in [0.15, 0.2) is 17.0 Å². The molecule has 2 aromatic rings. The van der Waals surface area contributed by atoms with Gasteiger partial charge in [-0.15, -0.1) is 0 Å². The highest BCUT2D eigenvalue weighted by atomic mass is 32.2. The zero-order chi connectivity index (χ0) is 19.1. The van der Waals surface area contributed by atoms with Crippen LogP contribution < -0.4 is 4.72 Å². The summed E-state index contributed by atoms with van der Waals surface area (Å²) in [5.41, 5.74) is -0.772. The molecule has 25 heavy (non-hydrogen) atoms. The fourth-order valence-electron chi connectivity index (χ4n) is 1.77. The SMILES string of the molecule is O=S(=O)(NCc1ccc(F)c(F)c1F)c1c(F)c(F)c(F)c(F)c1F. The molecule has 0 spiro atoms. The van der Waals surface area contributed by atoms with Gasteiger partial charge in [0.2, 0.25) is 15.8 Å². The van der Waals surface area contributed by atoms with E-state index in [2.05, 4.69) is 0 Å². The summed E-state index contributed by atoms with van der Waals surface area (Å²) >= 11 is 0. The van der Waals surface area contributed by atoms with Crippen molar-refractivity contribution in [2.45, 2.75) is 11.4 Å². The molecule has 3 nitrogen and oxygen atoms in total. The molecular weight excluding hydrogens is 386 g/mol. The second-order valence-electron chi connectivity index (χ2n) is 4.56.